The van der Waals surface area contributed by atoms with Crippen LogP contribution in [0.25, 0.3) is 0 Å². The second-order valence-corrected chi connectivity index (χ2v) is 5.14. The molecule has 118 valence electrons. The van der Waals surface area contributed by atoms with Crippen molar-refractivity contribution in [1.82, 2.24) is 15.1 Å². The molecule has 0 atom stereocenters. The molecule has 7 nitrogen and oxygen atoms in total. The van der Waals surface area contributed by atoms with Crippen LogP contribution in [0.4, 0.5) is 0 Å². The fourth-order valence-corrected chi connectivity index (χ4v) is 2.30. The van der Waals surface area contributed by atoms with Crippen LogP contribution >= 0.6 is 0 Å². The molecule has 0 spiro atoms. The maximum Gasteiger partial charge on any atom is 0.312 e. The highest BCUT2D eigenvalue weighted by atomic mass is 16.2. The van der Waals surface area contributed by atoms with Gasteiger partial charge in [0.15, 0.2) is 0 Å². The Bertz CT molecular complexity index is 553. The first-order valence-electron chi connectivity index (χ1n) is 7.18. The van der Waals surface area contributed by atoms with E-state index in [0.29, 0.717) is 32.7 Å². The zero-order valence-electron chi connectivity index (χ0n) is 12.3. The first kappa shape index (κ1) is 16.0. The van der Waals surface area contributed by atoms with Crippen LogP contribution in [0.2, 0.25) is 0 Å². The number of amides is 3. The zero-order chi connectivity index (χ0) is 15.9. The van der Waals surface area contributed by atoms with E-state index in [1.165, 1.54) is 4.90 Å². The van der Waals surface area contributed by atoms with Gasteiger partial charge in [0, 0.05) is 39.3 Å². The molecule has 0 bridgehead atoms. The lowest BCUT2D eigenvalue weighted by Gasteiger charge is -2.31. The van der Waals surface area contributed by atoms with Crippen LogP contribution in [0.1, 0.15) is 11.1 Å². The SMILES string of the molecule is NCc1cccc(CNC(=O)C(=O)N2CCN(C=O)CC2)c1. The van der Waals surface area contributed by atoms with Gasteiger partial charge in [0.2, 0.25) is 6.41 Å². The molecule has 1 saturated heterocycles. The monoisotopic (exact) mass is 304 g/mol. The molecule has 1 aliphatic rings. The van der Waals surface area contributed by atoms with Crippen molar-refractivity contribution in [2.24, 2.45) is 5.73 Å². The number of carbonyl (C=O) groups excluding carboxylic acids is 3. The highest BCUT2D eigenvalue weighted by Gasteiger charge is 2.25. The highest BCUT2D eigenvalue weighted by Crippen LogP contribution is 2.05. The lowest BCUT2D eigenvalue weighted by molar-refractivity contribution is -0.147. The summed E-state index contributed by atoms with van der Waals surface area (Å²) in [4.78, 5) is 37.6. The number of rotatable bonds is 4. The van der Waals surface area contributed by atoms with Crippen molar-refractivity contribution >= 4 is 18.2 Å². The van der Waals surface area contributed by atoms with Crippen LogP contribution in [-0.4, -0.2) is 54.2 Å². The summed E-state index contributed by atoms with van der Waals surface area (Å²) in [5.41, 5.74) is 7.44. The summed E-state index contributed by atoms with van der Waals surface area (Å²) in [6, 6.07) is 7.54. The fraction of sp³-hybridized carbons (Fsp3) is 0.400. The molecule has 7 heteroatoms. The van der Waals surface area contributed by atoms with Crippen LogP contribution in [0.5, 0.6) is 0 Å². The van der Waals surface area contributed by atoms with Gasteiger partial charge in [-0.15, -0.1) is 0 Å². The predicted molar refractivity (Wildman–Crippen MR) is 80.4 cm³/mol. The molecule has 0 aromatic heterocycles. The molecule has 0 saturated carbocycles. The molecule has 0 radical (unpaired) electrons. The van der Waals surface area contributed by atoms with Gasteiger partial charge < -0.3 is 20.9 Å². The van der Waals surface area contributed by atoms with Crippen molar-refractivity contribution in [3.63, 3.8) is 0 Å². The lowest BCUT2D eigenvalue weighted by Crippen LogP contribution is -2.52. The van der Waals surface area contributed by atoms with E-state index in [-0.39, 0.29) is 6.54 Å². The molecule has 3 amide bonds. The van der Waals surface area contributed by atoms with Gasteiger partial charge in [-0.25, -0.2) is 0 Å². The average Bonchev–Trinajstić information content (AvgIpc) is 2.59. The Morgan fingerprint density at radius 3 is 2.50 bits per heavy atom. The number of nitrogens with zero attached hydrogens (tertiary/aromatic N) is 2. The number of hydrogen-bond acceptors (Lipinski definition) is 4. The fourth-order valence-electron chi connectivity index (χ4n) is 2.30. The predicted octanol–water partition coefficient (Wildman–Crippen LogP) is -0.938. The Labute approximate surface area is 129 Å². The molecule has 1 heterocycles. The van der Waals surface area contributed by atoms with Crippen molar-refractivity contribution < 1.29 is 14.4 Å². The largest absolute Gasteiger partial charge is 0.344 e. The second kappa shape index (κ2) is 7.56. The van der Waals surface area contributed by atoms with Gasteiger partial charge >= 0.3 is 11.8 Å². The molecule has 1 aliphatic heterocycles. The minimum Gasteiger partial charge on any atom is -0.344 e. The maximum atomic E-state index is 12.0. The van der Waals surface area contributed by atoms with Crippen molar-refractivity contribution in [1.29, 1.82) is 0 Å². The smallest absolute Gasteiger partial charge is 0.312 e. The Balaban J connectivity index is 1.84. The number of benzene rings is 1. The molecule has 1 aromatic rings. The van der Waals surface area contributed by atoms with E-state index < -0.39 is 11.8 Å². The first-order chi connectivity index (χ1) is 10.6. The second-order valence-electron chi connectivity index (χ2n) is 5.14. The minimum atomic E-state index is -0.627. The van der Waals surface area contributed by atoms with E-state index in [1.807, 2.05) is 24.3 Å². The lowest BCUT2D eigenvalue weighted by atomic mass is 10.1. The Morgan fingerprint density at radius 2 is 1.86 bits per heavy atom. The van der Waals surface area contributed by atoms with Gasteiger partial charge in [0.25, 0.3) is 0 Å². The summed E-state index contributed by atoms with van der Waals surface area (Å²) in [5.74, 6) is -1.18. The van der Waals surface area contributed by atoms with Crippen LogP contribution < -0.4 is 11.1 Å². The van der Waals surface area contributed by atoms with Gasteiger partial charge in [-0.3, -0.25) is 14.4 Å². The standard InChI is InChI=1S/C15H20N4O3/c16-9-12-2-1-3-13(8-12)10-17-14(21)15(22)19-6-4-18(11-20)5-7-19/h1-3,8,11H,4-7,9-10,16H2,(H,17,21). The van der Waals surface area contributed by atoms with Gasteiger partial charge in [0.1, 0.15) is 0 Å². The van der Waals surface area contributed by atoms with Gasteiger partial charge in [-0.05, 0) is 11.1 Å². The summed E-state index contributed by atoms with van der Waals surface area (Å²) in [5, 5.41) is 2.62. The molecular weight excluding hydrogens is 284 g/mol. The molecule has 1 aromatic carbocycles. The molecule has 3 N–H and O–H groups in total. The summed E-state index contributed by atoms with van der Waals surface area (Å²) in [6.45, 7) is 2.40. The van der Waals surface area contributed by atoms with Crippen LogP contribution in [0, 0.1) is 0 Å². The summed E-state index contributed by atoms with van der Waals surface area (Å²) >= 11 is 0. The Morgan fingerprint density at radius 1 is 1.18 bits per heavy atom. The number of carbonyl (C=O) groups is 3. The Hall–Kier alpha value is -2.41. The van der Waals surface area contributed by atoms with Gasteiger partial charge in [0.05, 0.1) is 0 Å². The van der Waals surface area contributed by atoms with Crippen LogP contribution in [0.15, 0.2) is 24.3 Å². The van der Waals surface area contributed by atoms with E-state index in [2.05, 4.69) is 5.32 Å². The van der Waals surface area contributed by atoms with Gasteiger partial charge in [-0.1, -0.05) is 24.3 Å². The summed E-state index contributed by atoms with van der Waals surface area (Å²) in [7, 11) is 0. The average molecular weight is 304 g/mol. The van der Waals surface area contributed by atoms with Crippen molar-refractivity contribution in [2.45, 2.75) is 13.1 Å². The Kier molecular flexibility index (Phi) is 5.48. The van der Waals surface area contributed by atoms with E-state index in [9.17, 15) is 14.4 Å². The summed E-state index contributed by atoms with van der Waals surface area (Å²) in [6.07, 6.45) is 0.756. The van der Waals surface area contributed by atoms with Crippen molar-refractivity contribution in [2.75, 3.05) is 26.2 Å². The third kappa shape index (κ3) is 4.05. The topological polar surface area (TPSA) is 95.7 Å². The normalized spacial score (nSPS) is 14.6. The number of piperazine rings is 1. The quantitative estimate of drug-likeness (QED) is 0.554. The number of nitrogens with two attached hydrogens (primary N) is 1. The molecule has 1 fully saturated rings. The minimum absolute atomic E-state index is 0.284. The third-order valence-electron chi connectivity index (χ3n) is 3.62. The zero-order valence-corrected chi connectivity index (χ0v) is 12.3. The van der Waals surface area contributed by atoms with E-state index in [1.54, 1.807) is 4.90 Å². The molecule has 0 unspecified atom stereocenters. The highest BCUT2D eigenvalue weighted by molar-refractivity contribution is 6.35. The van der Waals surface area contributed by atoms with Crippen molar-refractivity contribution in [3.8, 4) is 0 Å². The maximum absolute atomic E-state index is 12.0. The van der Waals surface area contributed by atoms with E-state index >= 15 is 0 Å². The molecule has 22 heavy (non-hydrogen) atoms. The molecule has 0 aliphatic carbocycles. The van der Waals surface area contributed by atoms with E-state index in [0.717, 1.165) is 17.5 Å². The van der Waals surface area contributed by atoms with Crippen LogP contribution in [-0.2, 0) is 27.5 Å². The molecule has 2 rings (SSSR count). The van der Waals surface area contributed by atoms with Crippen molar-refractivity contribution in [3.05, 3.63) is 35.4 Å². The molecular formula is C15H20N4O3. The summed E-state index contributed by atoms with van der Waals surface area (Å²) < 4.78 is 0. The van der Waals surface area contributed by atoms with E-state index in [4.69, 9.17) is 5.73 Å². The van der Waals surface area contributed by atoms with Gasteiger partial charge in [-0.2, -0.15) is 0 Å². The number of hydrogen-bond donors (Lipinski definition) is 2. The van der Waals surface area contributed by atoms with Crippen LogP contribution in [0.3, 0.4) is 0 Å². The number of nitrogens with one attached hydrogen (secondary N) is 1. The first-order valence-corrected chi connectivity index (χ1v) is 7.18. The third-order valence-corrected chi connectivity index (χ3v) is 3.62.